The van der Waals surface area contributed by atoms with Crippen LogP contribution in [0.5, 0.6) is 0 Å². The molecule has 0 amide bonds. The molecule has 2 heterocycles. The Kier molecular flexibility index (Phi) is 3.45. The highest BCUT2D eigenvalue weighted by Gasteiger charge is 2.27. The van der Waals surface area contributed by atoms with Crippen LogP contribution in [0.15, 0.2) is 24.7 Å². The lowest BCUT2D eigenvalue weighted by atomic mass is 9.86. The Morgan fingerprint density at radius 3 is 2.53 bits per heavy atom. The summed E-state index contributed by atoms with van der Waals surface area (Å²) in [6.45, 7) is 8.28. The fourth-order valence-electron chi connectivity index (χ4n) is 2.22. The topological polar surface area (TPSA) is 50.9 Å². The van der Waals surface area contributed by atoms with Crippen molar-refractivity contribution < 1.29 is 5.11 Å². The van der Waals surface area contributed by atoms with E-state index < -0.39 is 6.10 Å². The van der Waals surface area contributed by atoms with Gasteiger partial charge in [0.1, 0.15) is 6.10 Å². The lowest BCUT2D eigenvalue weighted by Crippen LogP contribution is -2.17. The first-order valence-corrected chi connectivity index (χ1v) is 6.43. The minimum atomic E-state index is -0.684. The molecule has 0 aromatic carbocycles. The highest BCUT2D eigenvalue weighted by atomic mass is 16.3. The fourth-order valence-corrected chi connectivity index (χ4v) is 2.22. The van der Waals surface area contributed by atoms with E-state index in [1.807, 2.05) is 26.2 Å². The van der Waals surface area contributed by atoms with Crippen LogP contribution in [0.4, 0.5) is 0 Å². The second-order valence-corrected chi connectivity index (χ2v) is 5.99. The summed E-state index contributed by atoms with van der Waals surface area (Å²) in [7, 11) is 1.88. The van der Waals surface area contributed by atoms with Gasteiger partial charge in [0.15, 0.2) is 0 Å². The van der Waals surface area contributed by atoms with Gasteiger partial charge in [-0.25, -0.2) is 0 Å². The van der Waals surface area contributed by atoms with E-state index in [1.165, 1.54) is 0 Å². The first-order valence-electron chi connectivity index (χ1n) is 6.43. The average Bonchev–Trinajstić information content (AvgIpc) is 2.71. The van der Waals surface area contributed by atoms with E-state index in [4.69, 9.17) is 0 Å². The Balaban J connectivity index is 2.51. The molecule has 0 spiro atoms. The van der Waals surface area contributed by atoms with E-state index in [1.54, 1.807) is 17.1 Å². The van der Waals surface area contributed by atoms with Crippen LogP contribution < -0.4 is 0 Å². The fraction of sp³-hybridized carbons (Fsp3) is 0.467. The molecule has 2 rings (SSSR count). The van der Waals surface area contributed by atoms with Gasteiger partial charge in [0.25, 0.3) is 0 Å². The number of aliphatic hydroxyl groups excluding tert-OH is 1. The SMILES string of the molecule is Cc1ccncc1C(O)c1cn(C)nc1C(C)(C)C. The van der Waals surface area contributed by atoms with Crippen LogP contribution in [0.3, 0.4) is 0 Å². The van der Waals surface area contributed by atoms with Crippen LogP contribution in [0.2, 0.25) is 0 Å². The molecule has 2 aromatic rings. The first kappa shape index (κ1) is 13.7. The van der Waals surface area contributed by atoms with Gasteiger partial charge in [-0.2, -0.15) is 5.10 Å². The zero-order valence-electron chi connectivity index (χ0n) is 12.2. The molecule has 0 aliphatic rings. The number of hydrogen-bond donors (Lipinski definition) is 1. The summed E-state index contributed by atoms with van der Waals surface area (Å²) in [6.07, 6.45) is 4.66. The van der Waals surface area contributed by atoms with Gasteiger partial charge in [0.2, 0.25) is 0 Å². The molecule has 0 bridgehead atoms. The number of aryl methyl sites for hydroxylation is 2. The van der Waals surface area contributed by atoms with Crippen LogP contribution in [-0.2, 0) is 12.5 Å². The van der Waals surface area contributed by atoms with Crippen molar-refractivity contribution in [2.24, 2.45) is 7.05 Å². The van der Waals surface area contributed by atoms with Crippen molar-refractivity contribution in [3.8, 4) is 0 Å². The zero-order valence-corrected chi connectivity index (χ0v) is 12.2. The number of aliphatic hydroxyl groups is 1. The van der Waals surface area contributed by atoms with Gasteiger partial charge in [-0.15, -0.1) is 0 Å². The van der Waals surface area contributed by atoms with E-state index in [2.05, 4.69) is 30.9 Å². The molecule has 0 fully saturated rings. The summed E-state index contributed by atoms with van der Waals surface area (Å²) in [5.74, 6) is 0. The van der Waals surface area contributed by atoms with Crippen LogP contribution >= 0.6 is 0 Å². The van der Waals surface area contributed by atoms with Gasteiger partial charge < -0.3 is 5.11 Å². The monoisotopic (exact) mass is 259 g/mol. The molecule has 2 aromatic heterocycles. The van der Waals surface area contributed by atoms with Crippen molar-refractivity contribution in [1.82, 2.24) is 14.8 Å². The summed E-state index contributed by atoms with van der Waals surface area (Å²) in [6, 6.07) is 1.91. The highest BCUT2D eigenvalue weighted by molar-refractivity contribution is 5.36. The smallest absolute Gasteiger partial charge is 0.109 e. The van der Waals surface area contributed by atoms with E-state index in [9.17, 15) is 5.11 Å². The van der Waals surface area contributed by atoms with Gasteiger partial charge in [-0.1, -0.05) is 20.8 Å². The summed E-state index contributed by atoms with van der Waals surface area (Å²) in [5, 5.41) is 15.1. The third-order valence-electron chi connectivity index (χ3n) is 3.24. The largest absolute Gasteiger partial charge is 0.383 e. The number of pyridine rings is 1. The van der Waals surface area contributed by atoms with E-state index in [0.29, 0.717) is 0 Å². The van der Waals surface area contributed by atoms with Crippen LogP contribution in [0.25, 0.3) is 0 Å². The number of aromatic nitrogens is 3. The second-order valence-electron chi connectivity index (χ2n) is 5.99. The summed E-state index contributed by atoms with van der Waals surface area (Å²) in [4.78, 5) is 4.10. The van der Waals surface area contributed by atoms with Crippen molar-refractivity contribution in [3.63, 3.8) is 0 Å². The number of rotatable bonds is 2. The molecule has 0 aliphatic carbocycles. The quantitative estimate of drug-likeness (QED) is 0.901. The van der Waals surface area contributed by atoms with Crippen molar-refractivity contribution in [2.75, 3.05) is 0 Å². The third kappa shape index (κ3) is 2.68. The Morgan fingerprint density at radius 1 is 1.26 bits per heavy atom. The van der Waals surface area contributed by atoms with Gasteiger partial charge in [0, 0.05) is 42.2 Å². The summed E-state index contributed by atoms with van der Waals surface area (Å²) >= 11 is 0. The molecule has 19 heavy (non-hydrogen) atoms. The molecular weight excluding hydrogens is 238 g/mol. The third-order valence-corrected chi connectivity index (χ3v) is 3.24. The minimum Gasteiger partial charge on any atom is -0.383 e. The Bertz CT molecular complexity index is 581. The van der Waals surface area contributed by atoms with Crippen molar-refractivity contribution in [1.29, 1.82) is 0 Å². The lowest BCUT2D eigenvalue weighted by Gasteiger charge is -2.20. The standard InChI is InChI=1S/C15H21N3O/c1-10-6-7-16-8-11(10)13(19)12-9-18(5)17-14(12)15(2,3)4/h6-9,13,19H,1-5H3. The second kappa shape index (κ2) is 4.78. The van der Waals surface area contributed by atoms with E-state index in [0.717, 1.165) is 22.4 Å². The molecule has 102 valence electrons. The van der Waals surface area contributed by atoms with Crippen molar-refractivity contribution in [3.05, 3.63) is 47.0 Å². The minimum absolute atomic E-state index is 0.103. The zero-order chi connectivity index (χ0) is 14.2. The molecule has 0 aliphatic heterocycles. The average molecular weight is 259 g/mol. The maximum Gasteiger partial charge on any atom is 0.109 e. The van der Waals surface area contributed by atoms with Gasteiger partial charge in [-0.05, 0) is 18.6 Å². The summed E-state index contributed by atoms with van der Waals surface area (Å²) < 4.78 is 1.75. The number of nitrogens with zero attached hydrogens (tertiary/aromatic N) is 3. The van der Waals surface area contributed by atoms with Crippen molar-refractivity contribution >= 4 is 0 Å². The molecular formula is C15H21N3O. The summed E-state index contributed by atoms with van der Waals surface area (Å²) in [5.41, 5.74) is 3.54. The number of hydrogen-bond acceptors (Lipinski definition) is 3. The van der Waals surface area contributed by atoms with Crippen molar-refractivity contribution in [2.45, 2.75) is 39.2 Å². The van der Waals surface area contributed by atoms with Crippen LogP contribution in [0.1, 0.15) is 49.3 Å². The van der Waals surface area contributed by atoms with Gasteiger partial charge >= 0.3 is 0 Å². The molecule has 1 unspecified atom stereocenters. The van der Waals surface area contributed by atoms with E-state index in [-0.39, 0.29) is 5.41 Å². The molecule has 0 radical (unpaired) electrons. The molecule has 0 saturated heterocycles. The Labute approximate surface area is 114 Å². The normalized spacial score (nSPS) is 13.6. The van der Waals surface area contributed by atoms with E-state index >= 15 is 0 Å². The highest BCUT2D eigenvalue weighted by Crippen LogP contribution is 2.32. The molecule has 4 heteroatoms. The van der Waals surface area contributed by atoms with Gasteiger partial charge in [0.05, 0.1) is 5.69 Å². The molecule has 1 atom stereocenters. The maximum atomic E-state index is 10.6. The molecule has 0 saturated carbocycles. The van der Waals surface area contributed by atoms with Crippen LogP contribution in [-0.4, -0.2) is 19.9 Å². The first-order chi connectivity index (χ1) is 8.80. The molecule has 4 nitrogen and oxygen atoms in total. The molecule has 1 N–H and O–H groups in total. The Hall–Kier alpha value is -1.68. The van der Waals surface area contributed by atoms with Crippen LogP contribution in [0, 0.1) is 6.92 Å². The predicted molar refractivity (Wildman–Crippen MR) is 74.9 cm³/mol. The Morgan fingerprint density at radius 2 is 1.95 bits per heavy atom. The predicted octanol–water partition coefficient (Wildman–Crippen LogP) is 2.50. The lowest BCUT2D eigenvalue weighted by molar-refractivity contribution is 0.216. The van der Waals surface area contributed by atoms with Gasteiger partial charge in [-0.3, -0.25) is 9.67 Å². The maximum absolute atomic E-state index is 10.6.